The third-order valence-electron chi connectivity index (χ3n) is 5.70. The number of nitrogens with zero attached hydrogens (tertiary/aromatic N) is 4. The third kappa shape index (κ3) is 3.41. The third-order valence-corrected chi connectivity index (χ3v) is 5.70. The number of carbonyl (C=O) groups is 1. The van der Waals surface area contributed by atoms with Crippen molar-refractivity contribution in [1.29, 1.82) is 0 Å². The van der Waals surface area contributed by atoms with Crippen molar-refractivity contribution in [3.05, 3.63) is 17.0 Å². The summed E-state index contributed by atoms with van der Waals surface area (Å²) >= 11 is 0. The summed E-state index contributed by atoms with van der Waals surface area (Å²) < 4.78 is 0. The van der Waals surface area contributed by atoms with E-state index >= 15 is 0 Å². The number of likely N-dealkylation sites (tertiary alicyclic amines) is 1. The van der Waals surface area contributed by atoms with E-state index in [0.29, 0.717) is 31.3 Å². The highest BCUT2D eigenvalue weighted by Gasteiger charge is 2.35. The predicted octanol–water partition coefficient (Wildman–Crippen LogP) is -0.163. The average molecular weight is 360 g/mol. The smallest absolute Gasteiger partial charge is 0.273 e. The lowest BCUT2D eigenvalue weighted by atomic mass is 9.98. The molecule has 1 atom stereocenters. The van der Waals surface area contributed by atoms with Gasteiger partial charge in [-0.15, -0.1) is 0 Å². The molecule has 2 saturated heterocycles. The zero-order valence-electron chi connectivity index (χ0n) is 15.4. The molecule has 4 rings (SSSR count). The molecule has 0 aromatic carbocycles. The largest absolute Gasteiger partial charge is 0.387 e. The summed E-state index contributed by atoms with van der Waals surface area (Å²) in [7, 11) is 1.78. The number of nitrogens with one attached hydrogen (secondary N) is 2. The maximum Gasteiger partial charge on any atom is 0.273 e. The van der Waals surface area contributed by atoms with E-state index in [1.54, 1.807) is 7.05 Å². The second-order valence-electron chi connectivity index (χ2n) is 7.68. The Bertz CT molecular complexity index is 683. The Morgan fingerprint density at radius 2 is 2.12 bits per heavy atom. The van der Waals surface area contributed by atoms with Crippen LogP contribution in [0.15, 0.2) is 0 Å². The van der Waals surface area contributed by atoms with Gasteiger partial charge in [0.25, 0.3) is 5.91 Å². The van der Waals surface area contributed by atoms with Crippen LogP contribution in [0.5, 0.6) is 0 Å². The van der Waals surface area contributed by atoms with Crippen LogP contribution in [0.4, 0.5) is 5.95 Å². The van der Waals surface area contributed by atoms with Gasteiger partial charge in [-0.3, -0.25) is 9.69 Å². The number of fused-ring (bicyclic) bond motifs is 1. The molecule has 4 heterocycles. The lowest BCUT2D eigenvalue weighted by Gasteiger charge is -2.34. The minimum atomic E-state index is -0.678. The Labute approximate surface area is 154 Å². The Kier molecular flexibility index (Phi) is 4.81. The predicted molar refractivity (Wildman–Crippen MR) is 98.1 cm³/mol. The van der Waals surface area contributed by atoms with Gasteiger partial charge in [-0.2, -0.15) is 0 Å². The normalized spacial score (nSPS) is 26.2. The summed E-state index contributed by atoms with van der Waals surface area (Å²) in [5.41, 5.74) is 1.74. The van der Waals surface area contributed by atoms with Gasteiger partial charge in [0, 0.05) is 58.3 Å². The highest BCUT2D eigenvalue weighted by Crippen LogP contribution is 2.26. The monoisotopic (exact) mass is 360 g/mol. The number of hydrogen-bond donors (Lipinski definition) is 3. The van der Waals surface area contributed by atoms with Crippen molar-refractivity contribution in [1.82, 2.24) is 25.1 Å². The molecule has 0 saturated carbocycles. The first-order valence-electron chi connectivity index (χ1n) is 9.60. The summed E-state index contributed by atoms with van der Waals surface area (Å²) in [6.45, 7) is 5.18. The van der Waals surface area contributed by atoms with Gasteiger partial charge in [-0.05, 0) is 25.8 Å². The number of aliphatic hydroxyl groups is 1. The fourth-order valence-corrected chi connectivity index (χ4v) is 4.25. The van der Waals surface area contributed by atoms with Crippen LogP contribution >= 0.6 is 0 Å². The highest BCUT2D eigenvalue weighted by molar-refractivity contribution is 5.94. The molecule has 0 aliphatic carbocycles. The van der Waals surface area contributed by atoms with Crippen LogP contribution < -0.4 is 10.6 Å². The number of hydrogen-bond acceptors (Lipinski definition) is 7. The Morgan fingerprint density at radius 3 is 2.81 bits per heavy atom. The van der Waals surface area contributed by atoms with Crippen molar-refractivity contribution < 1.29 is 9.90 Å². The quantitative estimate of drug-likeness (QED) is 0.687. The SMILES string of the molecule is CNc1nc2c(c(C(=O)N3CCCC3)n1)CN(C[C@]1(O)CCNC1)CC2. The maximum atomic E-state index is 13.0. The van der Waals surface area contributed by atoms with Crippen molar-refractivity contribution >= 4 is 11.9 Å². The molecular weight excluding hydrogens is 332 g/mol. The number of aromatic nitrogens is 2. The molecule has 1 amide bonds. The van der Waals surface area contributed by atoms with Gasteiger partial charge in [-0.25, -0.2) is 9.97 Å². The van der Waals surface area contributed by atoms with Crippen molar-refractivity contribution in [2.24, 2.45) is 0 Å². The first kappa shape index (κ1) is 17.6. The highest BCUT2D eigenvalue weighted by atomic mass is 16.3. The molecule has 1 aromatic heterocycles. The molecule has 0 unspecified atom stereocenters. The summed E-state index contributed by atoms with van der Waals surface area (Å²) in [5, 5.41) is 16.9. The zero-order valence-corrected chi connectivity index (χ0v) is 15.4. The van der Waals surface area contributed by atoms with Crippen LogP contribution in [0, 0.1) is 0 Å². The molecule has 2 fully saturated rings. The molecule has 8 nitrogen and oxygen atoms in total. The second kappa shape index (κ2) is 7.09. The van der Waals surface area contributed by atoms with Crippen LogP contribution in [0.3, 0.4) is 0 Å². The minimum absolute atomic E-state index is 0.0146. The number of rotatable bonds is 4. The van der Waals surface area contributed by atoms with E-state index in [4.69, 9.17) is 0 Å². The zero-order chi connectivity index (χ0) is 18.1. The molecule has 3 aliphatic rings. The van der Waals surface area contributed by atoms with E-state index in [0.717, 1.165) is 63.1 Å². The van der Waals surface area contributed by atoms with Crippen LogP contribution in [-0.2, 0) is 13.0 Å². The Balaban J connectivity index is 1.60. The van der Waals surface area contributed by atoms with Crippen LogP contribution in [-0.4, -0.2) is 82.7 Å². The topological polar surface area (TPSA) is 93.6 Å². The van der Waals surface area contributed by atoms with Gasteiger partial charge in [-0.1, -0.05) is 0 Å². The maximum absolute atomic E-state index is 13.0. The van der Waals surface area contributed by atoms with Crippen LogP contribution in [0.2, 0.25) is 0 Å². The fraction of sp³-hybridized carbons (Fsp3) is 0.722. The number of β-amino-alcohol motifs (C(OH)–C–C–N with tert-alkyl or cyclic N) is 1. The van der Waals surface area contributed by atoms with E-state index in [1.165, 1.54) is 0 Å². The lowest BCUT2D eigenvalue weighted by Crippen LogP contribution is -2.47. The first-order chi connectivity index (χ1) is 12.6. The van der Waals surface area contributed by atoms with E-state index in [-0.39, 0.29) is 5.91 Å². The molecule has 0 bridgehead atoms. The van der Waals surface area contributed by atoms with E-state index in [2.05, 4.69) is 25.5 Å². The molecular formula is C18H28N6O2. The standard InChI is InChI=1S/C18H28N6O2/c1-19-17-21-14-4-9-23(12-18(26)5-6-20-11-18)10-13(14)15(22-17)16(25)24-7-2-3-8-24/h20,26H,2-12H2,1H3,(H,19,21,22)/t18-/m0/s1. The van der Waals surface area contributed by atoms with Crippen molar-refractivity contribution in [2.45, 2.75) is 37.8 Å². The summed E-state index contributed by atoms with van der Waals surface area (Å²) in [5.74, 6) is 0.527. The van der Waals surface area contributed by atoms with Crippen LogP contribution in [0.1, 0.15) is 41.0 Å². The summed E-state index contributed by atoms with van der Waals surface area (Å²) in [6.07, 6.45) is 3.66. The summed E-state index contributed by atoms with van der Waals surface area (Å²) in [6, 6.07) is 0. The number of amides is 1. The van der Waals surface area contributed by atoms with Crippen LogP contribution in [0.25, 0.3) is 0 Å². The summed E-state index contributed by atoms with van der Waals surface area (Å²) in [4.78, 5) is 26.3. The molecule has 0 radical (unpaired) electrons. The van der Waals surface area contributed by atoms with Gasteiger partial charge < -0.3 is 20.6 Å². The van der Waals surface area contributed by atoms with Crippen molar-refractivity contribution in [3.8, 4) is 0 Å². The molecule has 0 spiro atoms. The number of carbonyl (C=O) groups excluding carboxylic acids is 1. The molecule has 1 aromatic rings. The van der Waals surface area contributed by atoms with E-state index in [1.807, 2.05) is 4.90 Å². The van der Waals surface area contributed by atoms with Gasteiger partial charge in [0.15, 0.2) is 0 Å². The van der Waals surface area contributed by atoms with Gasteiger partial charge in [0.2, 0.25) is 5.95 Å². The van der Waals surface area contributed by atoms with Gasteiger partial charge >= 0.3 is 0 Å². The molecule has 26 heavy (non-hydrogen) atoms. The molecule has 142 valence electrons. The molecule has 3 aliphatic heterocycles. The van der Waals surface area contributed by atoms with Gasteiger partial charge in [0.1, 0.15) is 5.69 Å². The van der Waals surface area contributed by atoms with E-state index < -0.39 is 5.60 Å². The van der Waals surface area contributed by atoms with E-state index in [9.17, 15) is 9.90 Å². The Morgan fingerprint density at radius 1 is 1.31 bits per heavy atom. The minimum Gasteiger partial charge on any atom is -0.387 e. The molecule has 8 heteroatoms. The van der Waals surface area contributed by atoms with Crippen molar-refractivity contribution in [2.75, 3.05) is 51.6 Å². The lowest BCUT2D eigenvalue weighted by molar-refractivity contribution is 0.0164. The van der Waals surface area contributed by atoms with Crippen molar-refractivity contribution in [3.63, 3.8) is 0 Å². The second-order valence-corrected chi connectivity index (χ2v) is 7.68. The Hall–Kier alpha value is -1.77. The fourth-order valence-electron chi connectivity index (χ4n) is 4.25. The number of anilines is 1. The van der Waals surface area contributed by atoms with Gasteiger partial charge in [0.05, 0.1) is 11.3 Å². The first-order valence-corrected chi connectivity index (χ1v) is 9.60. The average Bonchev–Trinajstić information content (AvgIpc) is 3.32. The molecule has 3 N–H and O–H groups in total.